The highest BCUT2D eigenvalue weighted by molar-refractivity contribution is 6.12. The summed E-state index contributed by atoms with van der Waals surface area (Å²) in [5.41, 5.74) is -0.680. The Morgan fingerprint density at radius 1 is 1.29 bits per heavy atom. The van der Waals surface area contributed by atoms with Gasteiger partial charge in [-0.05, 0) is 43.8 Å². The summed E-state index contributed by atoms with van der Waals surface area (Å²) in [6, 6.07) is 0. The van der Waals surface area contributed by atoms with Gasteiger partial charge in [0.15, 0.2) is 11.6 Å². The van der Waals surface area contributed by atoms with Crippen molar-refractivity contribution < 1.29 is 14.7 Å². The maximum atomic E-state index is 12.3. The highest BCUT2D eigenvalue weighted by Crippen LogP contribution is 2.54. The summed E-state index contributed by atoms with van der Waals surface area (Å²) in [5.74, 6) is -0.467. The maximum Gasteiger partial charge on any atom is 0.167 e. The van der Waals surface area contributed by atoms with Crippen molar-refractivity contribution in [1.82, 2.24) is 0 Å². The molecule has 0 bridgehead atoms. The first-order valence-electron chi connectivity index (χ1n) is 6.16. The molecule has 0 aromatic rings. The molecule has 2 aliphatic carbocycles. The van der Waals surface area contributed by atoms with E-state index < -0.39 is 17.4 Å². The molecule has 0 aromatic heterocycles. The number of ketones is 2. The molecule has 0 aromatic carbocycles. The highest BCUT2D eigenvalue weighted by Gasteiger charge is 2.59. The lowest BCUT2D eigenvalue weighted by atomic mass is 9.50. The molecule has 2 rings (SSSR count). The number of fused-ring (bicyclic) bond motifs is 1. The molecule has 1 N–H and O–H groups in total. The zero-order chi connectivity index (χ0) is 13.0. The SMILES string of the molecule is CC1=CC(=O)[C@H]2C(C)(C)CC[C@H](O)[C@]2(C)C1=O. The average Bonchev–Trinajstić information content (AvgIpc) is 2.20. The summed E-state index contributed by atoms with van der Waals surface area (Å²) in [4.78, 5) is 24.6. The van der Waals surface area contributed by atoms with Gasteiger partial charge in [0.05, 0.1) is 11.5 Å². The fourth-order valence-corrected chi connectivity index (χ4v) is 3.71. The third-order valence-electron chi connectivity index (χ3n) is 4.63. The van der Waals surface area contributed by atoms with Gasteiger partial charge in [-0.15, -0.1) is 0 Å². The number of Topliss-reactive ketones (excluding diaryl/α,β-unsaturated/α-hetero) is 1. The van der Waals surface area contributed by atoms with Gasteiger partial charge in [0, 0.05) is 5.92 Å². The lowest BCUT2D eigenvalue weighted by Crippen LogP contribution is -2.59. The lowest BCUT2D eigenvalue weighted by Gasteiger charge is -2.52. The minimum atomic E-state index is -0.933. The van der Waals surface area contributed by atoms with Gasteiger partial charge in [-0.2, -0.15) is 0 Å². The van der Waals surface area contributed by atoms with E-state index in [2.05, 4.69) is 0 Å². The van der Waals surface area contributed by atoms with Crippen molar-refractivity contribution in [2.45, 2.75) is 46.6 Å². The molecule has 3 nitrogen and oxygen atoms in total. The van der Waals surface area contributed by atoms with Gasteiger partial charge in [0.25, 0.3) is 0 Å². The third kappa shape index (κ3) is 1.52. The predicted molar refractivity (Wildman–Crippen MR) is 64.4 cm³/mol. The van der Waals surface area contributed by atoms with E-state index in [9.17, 15) is 14.7 Å². The van der Waals surface area contributed by atoms with Crippen molar-refractivity contribution in [2.75, 3.05) is 0 Å². The van der Waals surface area contributed by atoms with E-state index in [0.29, 0.717) is 12.0 Å². The molecule has 1 saturated carbocycles. The number of aliphatic hydroxyl groups is 1. The number of carbonyl (C=O) groups excluding carboxylic acids is 2. The van der Waals surface area contributed by atoms with Crippen molar-refractivity contribution >= 4 is 11.6 Å². The van der Waals surface area contributed by atoms with Crippen molar-refractivity contribution in [3.05, 3.63) is 11.6 Å². The van der Waals surface area contributed by atoms with Crippen LogP contribution in [0.4, 0.5) is 0 Å². The normalized spacial score (nSPS) is 40.9. The predicted octanol–water partition coefficient (Wildman–Crippen LogP) is 1.89. The van der Waals surface area contributed by atoms with E-state index in [1.165, 1.54) is 6.08 Å². The zero-order valence-corrected chi connectivity index (χ0v) is 10.9. The first-order chi connectivity index (χ1) is 7.71. The zero-order valence-electron chi connectivity index (χ0n) is 10.9. The van der Waals surface area contributed by atoms with Crippen molar-refractivity contribution in [3.63, 3.8) is 0 Å². The lowest BCUT2D eigenvalue weighted by molar-refractivity contribution is -0.160. The van der Waals surface area contributed by atoms with Crippen molar-refractivity contribution in [2.24, 2.45) is 16.7 Å². The maximum absolute atomic E-state index is 12.3. The van der Waals surface area contributed by atoms with Gasteiger partial charge in [-0.3, -0.25) is 9.59 Å². The molecule has 3 atom stereocenters. The van der Waals surface area contributed by atoms with Crippen LogP contribution in [0.25, 0.3) is 0 Å². The smallest absolute Gasteiger partial charge is 0.167 e. The minimum absolute atomic E-state index is 0.00616. The third-order valence-corrected chi connectivity index (χ3v) is 4.63. The quantitative estimate of drug-likeness (QED) is 0.698. The number of carbonyl (C=O) groups is 2. The molecule has 0 saturated heterocycles. The number of rotatable bonds is 0. The summed E-state index contributed by atoms with van der Waals surface area (Å²) in [7, 11) is 0. The molecule has 2 aliphatic rings. The number of hydrogen-bond donors (Lipinski definition) is 1. The second kappa shape index (κ2) is 3.52. The molecule has 17 heavy (non-hydrogen) atoms. The molecule has 1 fully saturated rings. The fourth-order valence-electron chi connectivity index (χ4n) is 3.71. The minimum Gasteiger partial charge on any atom is -0.392 e. The topological polar surface area (TPSA) is 54.4 Å². The molecule has 0 amide bonds. The van der Waals surface area contributed by atoms with E-state index in [1.807, 2.05) is 13.8 Å². The molecule has 0 aliphatic heterocycles. The Balaban J connectivity index is 2.61. The molecular formula is C14H20O3. The second-order valence-corrected chi connectivity index (χ2v) is 6.32. The Morgan fingerprint density at radius 2 is 1.88 bits per heavy atom. The van der Waals surface area contributed by atoms with Crippen LogP contribution in [0.5, 0.6) is 0 Å². The van der Waals surface area contributed by atoms with E-state index in [-0.39, 0.29) is 17.0 Å². The molecule has 0 unspecified atom stereocenters. The van der Waals surface area contributed by atoms with Gasteiger partial charge < -0.3 is 5.11 Å². The first-order valence-corrected chi connectivity index (χ1v) is 6.16. The van der Waals surface area contributed by atoms with Gasteiger partial charge in [-0.1, -0.05) is 13.8 Å². The molecular weight excluding hydrogens is 216 g/mol. The van der Waals surface area contributed by atoms with Crippen LogP contribution in [0.1, 0.15) is 40.5 Å². The molecule has 0 heterocycles. The van der Waals surface area contributed by atoms with Crippen molar-refractivity contribution in [3.8, 4) is 0 Å². The Labute approximate surface area is 102 Å². The largest absolute Gasteiger partial charge is 0.392 e. The van der Waals surface area contributed by atoms with Crippen LogP contribution in [-0.2, 0) is 9.59 Å². The summed E-state index contributed by atoms with van der Waals surface area (Å²) >= 11 is 0. The summed E-state index contributed by atoms with van der Waals surface area (Å²) in [6.07, 6.45) is 2.11. The van der Waals surface area contributed by atoms with Gasteiger partial charge in [0.1, 0.15) is 0 Å². The van der Waals surface area contributed by atoms with Gasteiger partial charge in [-0.25, -0.2) is 0 Å². The number of hydrogen-bond acceptors (Lipinski definition) is 3. The summed E-state index contributed by atoms with van der Waals surface area (Å²) in [5, 5.41) is 10.2. The Morgan fingerprint density at radius 3 is 2.47 bits per heavy atom. The monoisotopic (exact) mass is 236 g/mol. The molecule has 3 heteroatoms. The summed E-state index contributed by atoms with van der Waals surface area (Å²) in [6.45, 7) is 7.44. The number of aliphatic hydroxyl groups excluding tert-OH is 1. The fraction of sp³-hybridized carbons (Fsp3) is 0.714. The second-order valence-electron chi connectivity index (χ2n) is 6.32. The van der Waals surface area contributed by atoms with Crippen LogP contribution in [0.15, 0.2) is 11.6 Å². The van der Waals surface area contributed by atoms with Gasteiger partial charge in [0.2, 0.25) is 0 Å². The van der Waals surface area contributed by atoms with Gasteiger partial charge >= 0.3 is 0 Å². The Bertz CT molecular complexity index is 419. The molecule has 0 radical (unpaired) electrons. The molecule has 0 spiro atoms. The van der Waals surface area contributed by atoms with Crippen LogP contribution in [0, 0.1) is 16.7 Å². The highest BCUT2D eigenvalue weighted by atomic mass is 16.3. The van der Waals surface area contributed by atoms with Crippen LogP contribution in [0.3, 0.4) is 0 Å². The van der Waals surface area contributed by atoms with E-state index in [0.717, 1.165) is 6.42 Å². The van der Waals surface area contributed by atoms with E-state index in [1.54, 1.807) is 13.8 Å². The Hall–Kier alpha value is -0.960. The summed E-state index contributed by atoms with van der Waals surface area (Å²) < 4.78 is 0. The van der Waals surface area contributed by atoms with Crippen LogP contribution >= 0.6 is 0 Å². The number of allylic oxidation sites excluding steroid dienone is 2. The first kappa shape index (κ1) is 12.5. The Kier molecular flexibility index (Phi) is 2.58. The van der Waals surface area contributed by atoms with E-state index in [4.69, 9.17) is 0 Å². The average molecular weight is 236 g/mol. The van der Waals surface area contributed by atoms with Crippen LogP contribution in [-0.4, -0.2) is 22.8 Å². The van der Waals surface area contributed by atoms with Crippen molar-refractivity contribution in [1.29, 1.82) is 0 Å². The molecule has 94 valence electrons. The van der Waals surface area contributed by atoms with Crippen LogP contribution in [0.2, 0.25) is 0 Å². The standard InChI is InChI=1S/C14H20O3/c1-8-7-9(15)11-13(2,3)6-5-10(16)14(11,4)12(8)17/h7,10-11,16H,5-6H2,1-4H3/t10-,11-,14-/m0/s1. The van der Waals surface area contributed by atoms with Crippen LogP contribution < -0.4 is 0 Å². The van der Waals surface area contributed by atoms with E-state index >= 15 is 0 Å².